The van der Waals surface area contributed by atoms with Gasteiger partial charge in [-0.2, -0.15) is 0 Å². The van der Waals surface area contributed by atoms with E-state index in [0.717, 1.165) is 35.6 Å². The summed E-state index contributed by atoms with van der Waals surface area (Å²) in [5.74, 6) is -2.30. The Kier molecular flexibility index (Phi) is 8.47. The minimum atomic E-state index is -1.35. The average molecular weight is 665 g/mol. The molecule has 1 aliphatic carbocycles. The van der Waals surface area contributed by atoms with Crippen molar-refractivity contribution in [1.82, 2.24) is 9.47 Å². The Morgan fingerprint density at radius 1 is 1.15 bits per heavy atom. The molecule has 2 fully saturated rings. The van der Waals surface area contributed by atoms with Crippen LogP contribution in [0.3, 0.4) is 0 Å². The first kappa shape index (κ1) is 31.5. The lowest BCUT2D eigenvalue weighted by Crippen LogP contribution is -2.55. The van der Waals surface area contributed by atoms with Crippen molar-refractivity contribution in [1.29, 1.82) is 0 Å². The fourth-order valence-electron chi connectivity index (χ4n) is 6.06. The number of halogens is 1. The van der Waals surface area contributed by atoms with Gasteiger partial charge in [-0.25, -0.2) is 14.0 Å². The largest absolute Gasteiger partial charge is 0.492 e. The molecule has 1 saturated carbocycles. The van der Waals surface area contributed by atoms with Crippen LogP contribution in [0.15, 0.2) is 46.7 Å². The van der Waals surface area contributed by atoms with Crippen LogP contribution in [-0.4, -0.2) is 71.5 Å². The summed E-state index contributed by atoms with van der Waals surface area (Å²) < 4.78 is 28.5. The number of anilines is 2. The van der Waals surface area contributed by atoms with Gasteiger partial charge >= 0.3 is 11.9 Å². The third-order valence-corrected chi connectivity index (χ3v) is 9.77. The molecule has 0 spiro atoms. The van der Waals surface area contributed by atoms with Crippen LogP contribution < -0.4 is 20.4 Å². The predicted octanol–water partition coefficient (Wildman–Crippen LogP) is 5.91. The summed E-state index contributed by atoms with van der Waals surface area (Å²) in [4.78, 5) is 41.6. The minimum Gasteiger partial charge on any atom is -0.492 e. The SMILES string of the molecule is COC(=O)c1c(-c2ccc(C)cc2)csc1NC(=S)N1CCN(c2c(F)cc3c(=O)c(C(=O)O)cn(C4CC4)c3c2OC)CC1C. The molecule has 2 aromatic carbocycles. The highest BCUT2D eigenvalue weighted by Gasteiger charge is 2.34. The van der Waals surface area contributed by atoms with E-state index < -0.39 is 28.7 Å². The van der Waals surface area contributed by atoms with Crippen molar-refractivity contribution in [2.24, 2.45) is 0 Å². The number of hydrogen-bond donors (Lipinski definition) is 2. The fourth-order valence-corrected chi connectivity index (χ4v) is 7.45. The van der Waals surface area contributed by atoms with E-state index in [1.54, 1.807) is 4.57 Å². The number of carbonyl (C=O) groups excluding carboxylic acids is 1. The van der Waals surface area contributed by atoms with Crippen molar-refractivity contribution in [3.05, 3.63) is 74.6 Å². The molecule has 13 heteroatoms. The standard InChI is InChI=1S/C33H33FN4O6S2/c1-17-5-7-19(8-6-17)23-16-46-30(25(23)32(42)44-4)35-33(45)37-12-11-36(14-18(37)2)27-24(34)13-21-26(29(27)43-3)38(20-9-10-20)15-22(28(21)39)31(40)41/h5-8,13,15-16,18,20H,9-12,14H2,1-4H3,(H,35,45)(H,40,41). The third kappa shape index (κ3) is 5.58. The second-order valence-electron chi connectivity index (χ2n) is 11.6. The quantitative estimate of drug-likeness (QED) is 0.183. The maximum atomic E-state index is 15.9. The van der Waals surface area contributed by atoms with Crippen LogP contribution in [-0.2, 0) is 4.74 Å². The molecule has 2 N–H and O–H groups in total. The van der Waals surface area contributed by atoms with Gasteiger partial charge in [-0.1, -0.05) is 29.8 Å². The van der Waals surface area contributed by atoms with Gasteiger partial charge in [0, 0.05) is 48.9 Å². The van der Waals surface area contributed by atoms with Gasteiger partial charge in [0.05, 0.1) is 25.1 Å². The number of benzene rings is 2. The average Bonchev–Trinajstić information content (AvgIpc) is 3.80. The maximum Gasteiger partial charge on any atom is 0.341 e. The van der Waals surface area contributed by atoms with Crippen molar-refractivity contribution >= 4 is 62.2 Å². The zero-order chi connectivity index (χ0) is 32.9. The van der Waals surface area contributed by atoms with Crippen LogP contribution >= 0.6 is 23.6 Å². The summed E-state index contributed by atoms with van der Waals surface area (Å²) in [6, 6.07) is 8.85. The molecule has 10 nitrogen and oxygen atoms in total. The van der Waals surface area contributed by atoms with Crippen LogP contribution in [0.4, 0.5) is 15.1 Å². The zero-order valence-electron chi connectivity index (χ0n) is 25.8. The summed E-state index contributed by atoms with van der Waals surface area (Å²) in [7, 11) is 2.77. The monoisotopic (exact) mass is 664 g/mol. The smallest absolute Gasteiger partial charge is 0.341 e. The van der Waals surface area contributed by atoms with Crippen LogP contribution in [0, 0.1) is 12.7 Å². The van der Waals surface area contributed by atoms with E-state index in [4.69, 9.17) is 21.7 Å². The third-order valence-electron chi connectivity index (χ3n) is 8.54. The number of thiocarbonyl (C=S) groups is 1. The molecule has 3 heterocycles. The number of carboxylic acid groups (broad SMARTS) is 1. The number of fused-ring (bicyclic) bond motifs is 1. The second kappa shape index (κ2) is 12.4. The first-order valence-electron chi connectivity index (χ1n) is 14.8. The summed E-state index contributed by atoms with van der Waals surface area (Å²) in [5.41, 5.74) is 2.61. The Bertz CT molecular complexity index is 1940. The van der Waals surface area contributed by atoms with Gasteiger partial charge in [0.1, 0.15) is 21.8 Å². The number of piperazine rings is 1. The van der Waals surface area contributed by atoms with E-state index in [-0.39, 0.29) is 28.9 Å². The number of aryl methyl sites for hydroxylation is 1. The molecule has 0 amide bonds. The van der Waals surface area contributed by atoms with Crippen LogP contribution in [0.2, 0.25) is 0 Å². The Morgan fingerprint density at radius 3 is 2.48 bits per heavy atom. The molecule has 1 aliphatic heterocycles. The van der Waals surface area contributed by atoms with E-state index in [9.17, 15) is 19.5 Å². The summed E-state index contributed by atoms with van der Waals surface area (Å²) in [6.45, 7) is 5.17. The molecular weight excluding hydrogens is 632 g/mol. The Morgan fingerprint density at radius 2 is 1.87 bits per heavy atom. The number of carboxylic acids is 1. The predicted molar refractivity (Wildman–Crippen MR) is 180 cm³/mol. The molecule has 2 aromatic heterocycles. The van der Waals surface area contributed by atoms with Gasteiger partial charge in [0.15, 0.2) is 16.7 Å². The topological polar surface area (TPSA) is 113 Å². The highest BCUT2D eigenvalue weighted by Crippen LogP contribution is 2.44. The molecule has 6 rings (SSSR count). The zero-order valence-corrected chi connectivity index (χ0v) is 27.4. The van der Waals surface area contributed by atoms with E-state index in [0.29, 0.717) is 40.8 Å². The number of aromatic carboxylic acids is 1. The van der Waals surface area contributed by atoms with Gasteiger partial charge in [-0.05, 0) is 50.5 Å². The van der Waals surface area contributed by atoms with Crippen LogP contribution in [0.1, 0.15) is 52.1 Å². The summed E-state index contributed by atoms with van der Waals surface area (Å²) in [5, 5.41) is 15.8. The number of carbonyl (C=O) groups is 2. The van der Waals surface area contributed by atoms with Crippen molar-refractivity contribution < 1.29 is 28.6 Å². The van der Waals surface area contributed by atoms with E-state index in [1.165, 1.54) is 31.8 Å². The number of hydrogen-bond acceptors (Lipinski definition) is 8. The number of thiophene rings is 1. The van der Waals surface area contributed by atoms with E-state index in [2.05, 4.69) is 5.32 Å². The number of ether oxygens (including phenoxy) is 2. The first-order valence-corrected chi connectivity index (χ1v) is 16.1. The Hall–Kier alpha value is -4.49. The van der Waals surface area contributed by atoms with E-state index in [1.807, 2.05) is 53.3 Å². The highest BCUT2D eigenvalue weighted by atomic mass is 32.1. The number of nitrogens with zero attached hydrogens (tertiary/aromatic N) is 3. The van der Waals surface area contributed by atoms with Crippen LogP contribution in [0.25, 0.3) is 22.0 Å². The molecule has 2 aliphatic rings. The highest BCUT2D eigenvalue weighted by molar-refractivity contribution is 7.80. The molecule has 240 valence electrons. The number of aromatic nitrogens is 1. The molecule has 0 radical (unpaired) electrons. The van der Waals surface area contributed by atoms with Crippen molar-refractivity contribution in [2.75, 3.05) is 44.1 Å². The second-order valence-corrected chi connectivity index (χ2v) is 12.8. The van der Waals surface area contributed by atoms with Gasteiger partial charge in [-0.3, -0.25) is 4.79 Å². The number of methoxy groups -OCH3 is 2. The van der Waals surface area contributed by atoms with E-state index >= 15 is 4.39 Å². The van der Waals surface area contributed by atoms with Gasteiger partial charge in [-0.15, -0.1) is 11.3 Å². The molecule has 1 atom stereocenters. The van der Waals surface area contributed by atoms with Crippen molar-refractivity contribution in [2.45, 2.75) is 38.8 Å². The summed E-state index contributed by atoms with van der Waals surface area (Å²) in [6.07, 6.45) is 2.99. The molecule has 46 heavy (non-hydrogen) atoms. The molecule has 4 aromatic rings. The summed E-state index contributed by atoms with van der Waals surface area (Å²) >= 11 is 7.18. The fraction of sp³-hybridized carbons (Fsp3) is 0.333. The Balaban J connectivity index is 1.28. The molecule has 0 bridgehead atoms. The van der Waals surface area contributed by atoms with Crippen molar-refractivity contribution in [3.63, 3.8) is 0 Å². The molecule has 1 saturated heterocycles. The number of pyridine rings is 1. The maximum absolute atomic E-state index is 15.9. The lowest BCUT2D eigenvalue weighted by molar-refractivity contribution is 0.0602. The molecular formula is C33H33FN4O6S2. The van der Waals surface area contributed by atoms with Crippen molar-refractivity contribution in [3.8, 4) is 16.9 Å². The van der Waals surface area contributed by atoms with Crippen LogP contribution in [0.5, 0.6) is 5.75 Å². The molecule has 1 unspecified atom stereocenters. The lowest BCUT2D eigenvalue weighted by Gasteiger charge is -2.42. The van der Waals surface area contributed by atoms with Gasteiger partial charge < -0.3 is 34.3 Å². The number of rotatable bonds is 7. The lowest BCUT2D eigenvalue weighted by atomic mass is 10.0. The first-order chi connectivity index (χ1) is 22.0. The number of nitrogens with one attached hydrogen (secondary N) is 1. The minimum absolute atomic E-state index is 0.00582. The Labute approximate surface area is 273 Å². The normalized spacial score (nSPS) is 16.4. The van der Waals surface area contributed by atoms with Gasteiger partial charge in [0.2, 0.25) is 5.43 Å². The van der Waals surface area contributed by atoms with Gasteiger partial charge in [0.25, 0.3) is 0 Å². The number of esters is 1.